The van der Waals surface area contributed by atoms with Crippen molar-refractivity contribution in [2.24, 2.45) is 5.92 Å². The Morgan fingerprint density at radius 1 is 0.865 bits per heavy atom. The van der Waals surface area contributed by atoms with Crippen LogP contribution in [-0.4, -0.2) is 54.4 Å². The number of esters is 1. The molecule has 3 aromatic carbocycles. The third-order valence-corrected chi connectivity index (χ3v) is 7.63. The van der Waals surface area contributed by atoms with Gasteiger partial charge in [0.15, 0.2) is 12.1 Å². The number of fused-ring (bicyclic) bond motifs is 3. The van der Waals surface area contributed by atoms with E-state index in [4.69, 9.17) is 4.74 Å². The van der Waals surface area contributed by atoms with E-state index < -0.39 is 23.7 Å². The molecule has 2 unspecified atom stereocenters. The van der Waals surface area contributed by atoms with Gasteiger partial charge < -0.3 is 14.5 Å². The molecule has 0 aromatic heterocycles. The molecule has 1 amide bonds. The number of carbonyl (C=O) groups is 3. The van der Waals surface area contributed by atoms with Crippen LogP contribution in [0.15, 0.2) is 84.9 Å². The fraction of sp³-hybridized carbons (Fsp3) is 0.300. The number of benzene rings is 3. The Morgan fingerprint density at radius 2 is 1.49 bits per heavy atom. The maximum atomic E-state index is 13.5. The van der Waals surface area contributed by atoms with Gasteiger partial charge in [-0.15, -0.1) is 0 Å². The number of nitrogens with one attached hydrogen (secondary N) is 1. The number of piperidine rings is 3. The van der Waals surface area contributed by atoms with E-state index in [9.17, 15) is 18.8 Å². The molecule has 7 heteroatoms. The molecular weight excluding hydrogens is 471 g/mol. The number of nitrogens with zero attached hydrogens (tertiary/aromatic N) is 1. The summed E-state index contributed by atoms with van der Waals surface area (Å²) in [6.45, 7) is 2.75. The van der Waals surface area contributed by atoms with Gasteiger partial charge in [-0.05, 0) is 29.8 Å². The molecule has 3 aromatic rings. The first-order valence-electron chi connectivity index (χ1n) is 12.7. The quantitative estimate of drug-likeness (QED) is 0.283. The molecule has 0 saturated carbocycles. The Morgan fingerprint density at radius 3 is 2.14 bits per heavy atom. The Labute approximate surface area is 215 Å². The molecule has 0 radical (unpaired) electrons. The highest BCUT2D eigenvalue weighted by Crippen LogP contribution is 2.36. The minimum absolute atomic E-state index is 0.0970. The van der Waals surface area contributed by atoms with Gasteiger partial charge in [0.25, 0.3) is 5.91 Å². The van der Waals surface area contributed by atoms with Crippen LogP contribution in [-0.2, 0) is 9.53 Å². The van der Waals surface area contributed by atoms with Crippen molar-refractivity contribution in [3.63, 3.8) is 0 Å². The van der Waals surface area contributed by atoms with E-state index in [0.717, 1.165) is 25.9 Å². The summed E-state index contributed by atoms with van der Waals surface area (Å²) in [5, 5.41) is 2.77. The second-order valence-electron chi connectivity index (χ2n) is 10.1. The van der Waals surface area contributed by atoms with Crippen molar-refractivity contribution in [1.82, 2.24) is 5.32 Å². The van der Waals surface area contributed by atoms with E-state index in [-0.39, 0.29) is 23.4 Å². The fourth-order valence-electron chi connectivity index (χ4n) is 5.55. The number of hydrogen-bond donors (Lipinski definition) is 1. The van der Waals surface area contributed by atoms with E-state index in [2.05, 4.69) is 5.32 Å². The van der Waals surface area contributed by atoms with Gasteiger partial charge in [-0.2, -0.15) is 0 Å². The molecule has 2 atom stereocenters. The van der Waals surface area contributed by atoms with Crippen molar-refractivity contribution in [2.45, 2.75) is 25.0 Å². The van der Waals surface area contributed by atoms with Crippen LogP contribution >= 0.6 is 0 Å². The summed E-state index contributed by atoms with van der Waals surface area (Å²) in [6.07, 6.45) is 1.45. The van der Waals surface area contributed by atoms with Crippen LogP contribution in [0.2, 0.25) is 0 Å². The number of amides is 1. The third kappa shape index (κ3) is 5.62. The Bertz CT molecular complexity index is 1260. The highest BCUT2D eigenvalue weighted by molar-refractivity contribution is 5.97. The monoisotopic (exact) mass is 501 g/mol. The summed E-state index contributed by atoms with van der Waals surface area (Å²) < 4.78 is 20.0. The van der Waals surface area contributed by atoms with Gasteiger partial charge in [0.2, 0.25) is 5.78 Å². The van der Waals surface area contributed by atoms with Crippen LogP contribution < -0.4 is 5.32 Å². The summed E-state index contributed by atoms with van der Waals surface area (Å²) in [4.78, 5) is 39.4. The zero-order valence-electron chi connectivity index (χ0n) is 20.5. The van der Waals surface area contributed by atoms with Crippen molar-refractivity contribution in [1.29, 1.82) is 0 Å². The van der Waals surface area contributed by atoms with E-state index >= 15 is 0 Å². The minimum atomic E-state index is -1.01. The van der Waals surface area contributed by atoms with Crippen molar-refractivity contribution in [3.8, 4) is 0 Å². The van der Waals surface area contributed by atoms with Crippen LogP contribution in [0.3, 0.4) is 0 Å². The van der Waals surface area contributed by atoms with Gasteiger partial charge in [0.05, 0.1) is 13.1 Å². The molecule has 37 heavy (non-hydrogen) atoms. The SMILES string of the molecule is O=C(C[N+]12CCC(CC1)C(OC(=O)C(NC(=O)c1ccc(F)cc1)c1ccccc1)C2)c1ccccc1. The van der Waals surface area contributed by atoms with Crippen molar-refractivity contribution >= 4 is 17.7 Å². The summed E-state index contributed by atoms with van der Waals surface area (Å²) in [7, 11) is 0. The lowest BCUT2D eigenvalue weighted by Gasteiger charge is -2.51. The van der Waals surface area contributed by atoms with Crippen molar-refractivity contribution < 1.29 is 28.0 Å². The second kappa shape index (κ2) is 10.6. The second-order valence-corrected chi connectivity index (χ2v) is 10.1. The normalized spacial score (nSPS) is 23.2. The summed E-state index contributed by atoms with van der Waals surface area (Å²) in [5.41, 5.74) is 1.55. The Hall–Kier alpha value is -3.84. The summed E-state index contributed by atoms with van der Waals surface area (Å²) >= 11 is 0. The van der Waals surface area contributed by atoms with E-state index in [0.29, 0.717) is 28.7 Å². The lowest BCUT2D eigenvalue weighted by atomic mass is 9.82. The van der Waals surface area contributed by atoms with Gasteiger partial charge in [0.1, 0.15) is 18.9 Å². The maximum Gasteiger partial charge on any atom is 0.333 e. The molecule has 190 valence electrons. The van der Waals surface area contributed by atoms with Crippen LogP contribution in [0.25, 0.3) is 0 Å². The molecular formula is C30H30FN2O4+. The standard InChI is InChI=1S/C30H29FN2O4/c31-25-13-11-24(12-14-25)29(35)32-28(23-9-5-2-6-10-23)30(36)37-27-20-33(17-15-22(27)16-18-33)19-26(34)21-7-3-1-4-8-21/h1-14,22,27-28H,15-20H2/p+1. The van der Waals surface area contributed by atoms with E-state index in [1.54, 1.807) is 24.3 Å². The Kier molecular flexibility index (Phi) is 7.15. The van der Waals surface area contributed by atoms with Gasteiger partial charge >= 0.3 is 5.97 Å². The van der Waals surface area contributed by atoms with Gasteiger partial charge in [-0.25, -0.2) is 9.18 Å². The van der Waals surface area contributed by atoms with Crippen molar-refractivity contribution in [2.75, 3.05) is 26.2 Å². The third-order valence-electron chi connectivity index (χ3n) is 7.63. The molecule has 3 fully saturated rings. The number of halogens is 1. The van der Waals surface area contributed by atoms with Crippen LogP contribution in [0.4, 0.5) is 4.39 Å². The average molecular weight is 502 g/mol. The smallest absolute Gasteiger partial charge is 0.333 e. The highest BCUT2D eigenvalue weighted by atomic mass is 19.1. The molecule has 0 aliphatic carbocycles. The zero-order chi connectivity index (χ0) is 25.8. The van der Waals surface area contributed by atoms with Gasteiger partial charge in [-0.3, -0.25) is 9.59 Å². The number of hydrogen-bond acceptors (Lipinski definition) is 4. The molecule has 3 saturated heterocycles. The lowest BCUT2D eigenvalue weighted by Crippen LogP contribution is -2.66. The van der Waals surface area contributed by atoms with Crippen LogP contribution in [0.1, 0.15) is 45.2 Å². The number of rotatable bonds is 8. The predicted molar refractivity (Wildman–Crippen MR) is 136 cm³/mol. The summed E-state index contributed by atoms with van der Waals surface area (Å²) in [5.74, 6) is -1.13. The molecule has 1 N–H and O–H groups in total. The molecule has 3 aliphatic heterocycles. The van der Waals surface area contributed by atoms with Gasteiger partial charge in [0, 0.05) is 29.9 Å². The predicted octanol–water partition coefficient (Wildman–Crippen LogP) is 4.33. The lowest BCUT2D eigenvalue weighted by molar-refractivity contribution is -0.938. The fourth-order valence-corrected chi connectivity index (χ4v) is 5.55. The molecule has 6 nitrogen and oxygen atoms in total. The number of Topliss-reactive ketones (excluding diaryl/α,β-unsaturated/α-hetero) is 1. The first-order chi connectivity index (χ1) is 17.9. The largest absolute Gasteiger partial charge is 0.454 e. The molecule has 3 aliphatic rings. The molecule has 6 rings (SSSR count). The van der Waals surface area contributed by atoms with Gasteiger partial charge in [-0.1, -0.05) is 60.7 Å². The first-order valence-corrected chi connectivity index (χ1v) is 12.7. The van der Waals surface area contributed by atoms with E-state index in [1.165, 1.54) is 24.3 Å². The minimum Gasteiger partial charge on any atom is -0.454 e. The highest BCUT2D eigenvalue weighted by Gasteiger charge is 2.49. The maximum absolute atomic E-state index is 13.5. The topological polar surface area (TPSA) is 72.5 Å². The molecule has 3 heterocycles. The van der Waals surface area contributed by atoms with Crippen molar-refractivity contribution in [3.05, 3.63) is 107 Å². The first kappa shape index (κ1) is 24.8. The average Bonchev–Trinajstić information content (AvgIpc) is 2.93. The van der Waals surface area contributed by atoms with Crippen LogP contribution in [0.5, 0.6) is 0 Å². The number of ether oxygens (including phenoxy) is 1. The zero-order valence-corrected chi connectivity index (χ0v) is 20.5. The molecule has 2 bridgehead atoms. The number of ketones is 1. The Balaban J connectivity index is 1.31. The number of quaternary nitrogens is 1. The molecule has 0 spiro atoms. The van der Waals surface area contributed by atoms with Crippen LogP contribution in [0, 0.1) is 11.7 Å². The number of carbonyl (C=O) groups excluding carboxylic acids is 3. The van der Waals surface area contributed by atoms with E-state index in [1.807, 2.05) is 36.4 Å². The summed E-state index contributed by atoms with van der Waals surface area (Å²) in [6, 6.07) is 22.4.